The maximum atomic E-state index is 12.6. The molecule has 0 amide bonds. The first-order valence-corrected chi connectivity index (χ1v) is 9.68. The number of carbonyl (C=O) groups excluding carboxylic acids is 3. The largest absolute Gasteiger partial charge is 0.457 e. The minimum absolute atomic E-state index is 0.102. The Hall–Kier alpha value is -1.69. The first-order valence-electron chi connectivity index (χ1n) is 9.68. The zero-order valence-electron chi connectivity index (χ0n) is 17.1. The molecule has 6 atom stereocenters. The van der Waals surface area contributed by atoms with Gasteiger partial charge in [-0.25, -0.2) is 4.79 Å². The van der Waals surface area contributed by atoms with Gasteiger partial charge in [-0.3, -0.25) is 9.59 Å². The number of carbonyl (C=O) groups is 3. The standard InChI is InChI=1S/C21H30O6/c1-12(2)14-9-16-19(4,10-15(14)23)8-7-17(21(16,6)25-11-22)26-18(24)20(5)13(3)27-20/h11,13,16-17H,7-10H2,1-6H3/t13-,16+,17-,19+,20-,21-/m0/s1. The highest BCUT2D eigenvalue weighted by molar-refractivity contribution is 5.97. The van der Waals surface area contributed by atoms with Gasteiger partial charge in [0, 0.05) is 12.3 Å². The highest BCUT2D eigenvalue weighted by atomic mass is 16.7. The average molecular weight is 378 g/mol. The van der Waals surface area contributed by atoms with Gasteiger partial charge in [0.05, 0.1) is 6.10 Å². The van der Waals surface area contributed by atoms with Crippen LogP contribution >= 0.6 is 0 Å². The van der Waals surface area contributed by atoms with Crippen molar-refractivity contribution in [1.29, 1.82) is 0 Å². The lowest BCUT2D eigenvalue weighted by Crippen LogP contribution is -2.61. The Morgan fingerprint density at radius 1 is 1.26 bits per heavy atom. The molecule has 1 aliphatic heterocycles. The van der Waals surface area contributed by atoms with Crippen molar-refractivity contribution < 1.29 is 28.6 Å². The molecule has 0 bridgehead atoms. The Kier molecular flexibility index (Phi) is 4.78. The molecule has 0 unspecified atom stereocenters. The second-order valence-electron chi connectivity index (χ2n) is 9.19. The summed E-state index contributed by atoms with van der Waals surface area (Å²) in [5.74, 6) is -0.348. The van der Waals surface area contributed by atoms with Gasteiger partial charge in [-0.1, -0.05) is 12.5 Å². The molecule has 0 aromatic carbocycles. The molecular weight excluding hydrogens is 348 g/mol. The summed E-state index contributed by atoms with van der Waals surface area (Å²) in [4.78, 5) is 36.6. The van der Waals surface area contributed by atoms with Crippen LogP contribution in [0, 0.1) is 11.3 Å². The first kappa shape index (κ1) is 20.1. The van der Waals surface area contributed by atoms with Gasteiger partial charge in [-0.05, 0) is 64.9 Å². The molecule has 0 spiro atoms. The van der Waals surface area contributed by atoms with Crippen LogP contribution in [-0.4, -0.2) is 41.6 Å². The topological polar surface area (TPSA) is 82.2 Å². The molecular formula is C21H30O6. The molecule has 1 saturated heterocycles. The van der Waals surface area contributed by atoms with Gasteiger partial charge in [0.15, 0.2) is 11.4 Å². The van der Waals surface area contributed by atoms with E-state index in [9.17, 15) is 14.4 Å². The second kappa shape index (κ2) is 6.43. The van der Waals surface area contributed by atoms with E-state index in [0.717, 1.165) is 17.6 Å². The van der Waals surface area contributed by atoms with Crippen molar-refractivity contribution in [3.63, 3.8) is 0 Å². The Morgan fingerprint density at radius 2 is 1.89 bits per heavy atom. The van der Waals surface area contributed by atoms with Crippen LogP contribution in [0.15, 0.2) is 11.1 Å². The quantitative estimate of drug-likeness (QED) is 0.323. The van der Waals surface area contributed by atoms with Gasteiger partial charge < -0.3 is 14.2 Å². The molecule has 0 aromatic rings. The number of ether oxygens (including phenoxy) is 3. The minimum atomic E-state index is -0.986. The van der Waals surface area contributed by atoms with E-state index in [-0.39, 0.29) is 23.2 Å². The summed E-state index contributed by atoms with van der Waals surface area (Å²) in [5.41, 5.74) is -0.403. The monoisotopic (exact) mass is 378 g/mol. The number of Topliss-reactive ketones (excluding diaryl/α,β-unsaturated/α-hetero) is 1. The number of ketones is 1. The Balaban J connectivity index is 1.92. The Morgan fingerprint density at radius 3 is 2.41 bits per heavy atom. The number of fused-ring (bicyclic) bond motifs is 1. The maximum Gasteiger partial charge on any atom is 0.341 e. The molecule has 3 rings (SSSR count). The molecule has 0 N–H and O–H groups in total. The lowest BCUT2D eigenvalue weighted by molar-refractivity contribution is -0.213. The smallest absolute Gasteiger partial charge is 0.341 e. The fourth-order valence-electron chi connectivity index (χ4n) is 5.00. The molecule has 150 valence electrons. The van der Waals surface area contributed by atoms with Crippen LogP contribution in [0.5, 0.6) is 0 Å². The lowest BCUT2D eigenvalue weighted by Gasteiger charge is -2.55. The fraction of sp³-hybridized carbons (Fsp3) is 0.762. The third kappa shape index (κ3) is 3.12. The summed E-state index contributed by atoms with van der Waals surface area (Å²) < 4.78 is 16.8. The average Bonchev–Trinajstić information content (AvgIpc) is 3.18. The lowest BCUT2D eigenvalue weighted by atomic mass is 9.53. The number of epoxide rings is 1. The van der Waals surface area contributed by atoms with Crippen molar-refractivity contribution in [3.05, 3.63) is 11.1 Å². The summed E-state index contributed by atoms with van der Waals surface area (Å²) in [6.07, 6.45) is 1.50. The first-order chi connectivity index (χ1) is 12.5. The van der Waals surface area contributed by atoms with Crippen molar-refractivity contribution >= 4 is 18.2 Å². The van der Waals surface area contributed by atoms with E-state index in [4.69, 9.17) is 14.2 Å². The van der Waals surface area contributed by atoms with E-state index in [1.54, 1.807) is 6.92 Å². The van der Waals surface area contributed by atoms with E-state index < -0.39 is 23.3 Å². The van der Waals surface area contributed by atoms with E-state index in [2.05, 4.69) is 6.92 Å². The van der Waals surface area contributed by atoms with Gasteiger partial charge in [0.2, 0.25) is 0 Å². The predicted octanol–water partition coefficient (Wildman–Crippen LogP) is 3.12. The van der Waals surface area contributed by atoms with Crippen molar-refractivity contribution in [2.45, 2.75) is 90.6 Å². The summed E-state index contributed by atoms with van der Waals surface area (Å²) in [5, 5.41) is 0. The van der Waals surface area contributed by atoms with Gasteiger partial charge in [0.25, 0.3) is 6.47 Å². The highest BCUT2D eigenvalue weighted by Crippen LogP contribution is 2.56. The minimum Gasteiger partial charge on any atom is -0.457 e. The maximum absolute atomic E-state index is 12.6. The van der Waals surface area contributed by atoms with Crippen molar-refractivity contribution in [2.24, 2.45) is 11.3 Å². The third-order valence-corrected chi connectivity index (χ3v) is 7.16. The molecule has 2 saturated carbocycles. The van der Waals surface area contributed by atoms with Gasteiger partial charge >= 0.3 is 5.97 Å². The molecule has 0 radical (unpaired) electrons. The van der Waals surface area contributed by atoms with Crippen LogP contribution in [0.1, 0.15) is 67.2 Å². The van der Waals surface area contributed by atoms with Gasteiger partial charge in [0.1, 0.15) is 11.7 Å². The number of hydrogen-bond donors (Lipinski definition) is 0. The summed E-state index contributed by atoms with van der Waals surface area (Å²) >= 11 is 0. The number of hydrogen-bond acceptors (Lipinski definition) is 6. The highest BCUT2D eigenvalue weighted by Gasteiger charge is 2.62. The van der Waals surface area contributed by atoms with Crippen LogP contribution < -0.4 is 0 Å². The Labute approximate surface area is 160 Å². The third-order valence-electron chi connectivity index (χ3n) is 7.16. The molecule has 3 aliphatic rings. The molecule has 6 heteroatoms. The molecule has 1 heterocycles. The normalized spacial score (nSPS) is 43.6. The SMILES string of the molecule is CC(C)=C1C[C@@H]2[C@](C)(CC[C@H](OC(=O)[C@@]3(C)O[C@H]3C)[C@@]2(C)OC=O)CC1=O. The van der Waals surface area contributed by atoms with E-state index in [1.807, 2.05) is 27.7 Å². The number of rotatable bonds is 4. The zero-order valence-corrected chi connectivity index (χ0v) is 17.1. The summed E-state index contributed by atoms with van der Waals surface area (Å²) in [6, 6.07) is 0. The van der Waals surface area contributed by atoms with Crippen LogP contribution in [0.3, 0.4) is 0 Å². The molecule has 27 heavy (non-hydrogen) atoms. The number of allylic oxidation sites excluding steroid dienone is 2. The predicted molar refractivity (Wildman–Crippen MR) is 97.8 cm³/mol. The van der Waals surface area contributed by atoms with Gasteiger partial charge in [-0.2, -0.15) is 0 Å². The zero-order chi connectivity index (χ0) is 20.2. The van der Waals surface area contributed by atoms with E-state index >= 15 is 0 Å². The second-order valence-corrected chi connectivity index (χ2v) is 9.19. The van der Waals surface area contributed by atoms with E-state index in [1.165, 1.54) is 0 Å². The van der Waals surface area contributed by atoms with E-state index in [0.29, 0.717) is 25.7 Å². The molecule has 0 aromatic heterocycles. The van der Waals surface area contributed by atoms with Crippen LogP contribution in [0.2, 0.25) is 0 Å². The molecule has 2 aliphatic carbocycles. The molecule has 6 nitrogen and oxygen atoms in total. The van der Waals surface area contributed by atoms with Crippen LogP contribution in [0.4, 0.5) is 0 Å². The van der Waals surface area contributed by atoms with Crippen molar-refractivity contribution in [2.75, 3.05) is 0 Å². The van der Waals surface area contributed by atoms with Crippen LogP contribution in [-0.2, 0) is 28.6 Å². The summed E-state index contributed by atoms with van der Waals surface area (Å²) in [7, 11) is 0. The molecule has 3 fully saturated rings. The number of esters is 1. The van der Waals surface area contributed by atoms with Crippen molar-refractivity contribution in [3.8, 4) is 0 Å². The van der Waals surface area contributed by atoms with Gasteiger partial charge in [-0.15, -0.1) is 0 Å². The fourth-order valence-corrected chi connectivity index (χ4v) is 5.00. The van der Waals surface area contributed by atoms with Crippen LogP contribution in [0.25, 0.3) is 0 Å². The van der Waals surface area contributed by atoms with Crippen molar-refractivity contribution in [1.82, 2.24) is 0 Å². The Bertz CT molecular complexity index is 707. The summed E-state index contributed by atoms with van der Waals surface area (Å²) in [6.45, 7) is 11.7.